The second-order valence-electron chi connectivity index (χ2n) is 5.77. The molecule has 0 unspecified atom stereocenters. The minimum Gasteiger partial charge on any atom is -0.549 e. The van der Waals surface area contributed by atoms with Crippen LogP contribution < -0.4 is 139 Å². The predicted molar refractivity (Wildman–Crippen MR) is 85.5 cm³/mol. The number of rotatable bonds is 16. The van der Waals surface area contributed by atoms with E-state index in [1.807, 2.05) is 0 Å². The van der Waals surface area contributed by atoms with Gasteiger partial charge in [-0.2, -0.15) is 0 Å². The number of aliphatic hydroxyl groups excluding tert-OH is 2. The molecule has 32 heavy (non-hydrogen) atoms. The normalized spacial score (nSPS) is 9.12. The monoisotopic (exact) mass is 498 g/mol. The number of carboxylic acid groups (broad SMARTS) is 4. The topological polar surface area (TPSA) is 207 Å². The third-order valence-electron chi connectivity index (χ3n) is 3.21. The Labute approximate surface area is 276 Å². The van der Waals surface area contributed by atoms with Gasteiger partial charge in [-0.3, -0.25) is 9.80 Å². The van der Waals surface area contributed by atoms with Crippen molar-refractivity contribution >= 4 is 23.9 Å². The molecular formula is C16H26N2Na4O10. The molecule has 2 N–H and O–H groups in total. The van der Waals surface area contributed by atoms with E-state index in [0.29, 0.717) is 0 Å². The van der Waals surface area contributed by atoms with Crippen molar-refractivity contribution in [3.8, 4) is 0 Å². The Hall–Kier alpha value is 1.72. The summed E-state index contributed by atoms with van der Waals surface area (Å²) in [4.78, 5) is 43.4. The first-order valence-corrected chi connectivity index (χ1v) is 8.58. The van der Waals surface area contributed by atoms with E-state index in [0.717, 1.165) is 35.5 Å². The predicted octanol–water partition coefficient (Wildman–Crippen LogP) is -18.9. The summed E-state index contributed by atoms with van der Waals surface area (Å²) in [5.74, 6) is -6.12. The van der Waals surface area contributed by atoms with Crippen LogP contribution in [0.5, 0.6) is 0 Å². The van der Waals surface area contributed by atoms with Gasteiger partial charge < -0.3 is 49.8 Å². The Morgan fingerprint density at radius 1 is 0.500 bits per heavy atom. The number of aliphatic hydroxyl groups is 2. The fraction of sp³-hybridized carbons (Fsp3) is 0.750. The van der Waals surface area contributed by atoms with E-state index in [1.54, 1.807) is 0 Å². The van der Waals surface area contributed by atoms with E-state index in [-0.39, 0.29) is 145 Å². The molecule has 0 fully saturated rings. The molecule has 0 atom stereocenters. The van der Waals surface area contributed by atoms with Gasteiger partial charge in [0, 0.05) is 52.5 Å². The summed E-state index contributed by atoms with van der Waals surface area (Å²) in [6.07, 6.45) is 3.83. The summed E-state index contributed by atoms with van der Waals surface area (Å²) in [5, 5.41) is 58.2. The quantitative estimate of drug-likeness (QED) is 0.150. The molecule has 0 heterocycles. The minimum atomic E-state index is -1.53. The van der Waals surface area contributed by atoms with Gasteiger partial charge in [0.25, 0.3) is 0 Å². The SMILES string of the molecule is O=C([O-])CN(CCN(CC(=O)[O-])CC(=O)[O-])CC(=O)[O-].OCCCCCCO.[Na+].[Na+].[Na+].[Na+]. The van der Waals surface area contributed by atoms with Crippen LogP contribution in [0, 0.1) is 0 Å². The van der Waals surface area contributed by atoms with Gasteiger partial charge in [0.05, 0.1) is 23.9 Å². The van der Waals surface area contributed by atoms with Gasteiger partial charge in [-0.05, 0) is 12.8 Å². The molecular weight excluding hydrogens is 472 g/mol. The van der Waals surface area contributed by atoms with Crippen LogP contribution in [0.15, 0.2) is 0 Å². The Morgan fingerprint density at radius 3 is 0.875 bits per heavy atom. The summed E-state index contributed by atoms with van der Waals surface area (Å²) in [5.41, 5.74) is 0. The molecule has 0 bridgehead atoms. The fourth-order valence-corrected chi connectivity index (χ4v) is 2.02. The Kier molecular flexibility index (Phi) is 48.0. The van der Waals surface area contributed by atoms with E-state index in [4.69, 9.17) is 10.2 Å². The standard InChI is InChI=1S/C10H16N2O8.C6H14O2.4Na/c13-7(14)3-11(4-8(15)16)1-2-12(5-9(17)18)6-10(19)20;7-5-3-1-2-4-6-8;;;;/h1-6H2,(H,13,14)(H,15,16)(H,17,18)(H,19,20);7-8H,1-6H2;;;;/q;;4*+1/p-4. The molecule has 0 aliphatic carbocycles. The summed E-state index contributed by atoms with van der Waals surface area (Å²) in [6, 6.07) is 0. The average Bonchev–Trinajstić information content (AvgIpc) is 2.55. The number of hydrogen-bond acceptors (Lipinski definition) is 12. The van der Waals surface area contributed by atoms with Crippen molar-refractivity contribution in [1.29, 1.82) is 0 Å². The van der Waals surface area contributed by atoms with Gasteiger partial charge in [0.1, 0.15) is 0 Å². The van der Waals surface area contributed by atoms with Crippen molar-refractivity contribution in [2.75, 3.05) is 52.5 Å². The molecule has 0 aromatic carbocycles. The number of nitrogens with zero attached hydrogens (tertiary/aromatic N) is 2. The Balaban J connectivity index is -0.000000122. The van der Waals surface area contributed by atoms with Gasteiger partial charge in [-0.1, -0.05) is 12.8 Å². The van der Waals surface area contributed by atoms with E-state index in [9.17, 15) is 39.6 Å². The summed E-state index contributed by atoms with van der Waals surface area (Å²) in [7, 11) is 0. The van der Waals surface area contributed by atoms with Crippen molar-refractivity contribution in [3.05, 3.63) is 0 Å². The van der Waals surface area contributed by atoms with Gasteiger partial charge in [-0.25, -0.2) is 0 Å². The van der Waals surface area contributed by atoms with E-state index < -0.39 is 50.1 Å². The van der Waals surface area contributed by atoms with Crippen molar-refractivity contribution in [3.63, 3.8) is 0 Å². The molecule has 0 radical (unpaired) electrons. The number of carboxylic acids is 4. The zero-order chi connectivity index (χ0) is 21.9. The molecule has 0 aromatic rings. The second kappa shape index (κ2) is 32.7. The van der Waals surface area contributed by atoms with Crippen LogP contribution in [0.4, 0.5) is 0 Å². The molecule has 0 aromatic heterocycles. The van der Waals surface area contributed by atoms with Gasteiger partial charge >= 0.3 is 118 Å². The third kappa shape index (κ3) is 39.0. The maximum atomic E-state index is 10.4. The smallest absolute Gasteiger partial charge is 0.549 e. The van der Waals surface area contributed by atoms with Crippen molar-refractivity contribution in [1.82, 2.24) is 9.80 Å². The molecule has 0 rings (SSSR count). The van der Waals surface area contributed by atoms with E-state index in [1.165, 1.54) is 0 Å². The van der Waals surface area contributed by atoms with Crippen LogP contribution in [-0.2, 0) is 19.2 Å². The summed E-state index contributed by atoms with van der Waals surface area (Å²) >= 11 is 0. The maximum absolute atomic E-state index is 10.4. The zero-order valence-electron chi connectivity index (χ0n) is 19.5. The van der Waals surface area contributed by atoms with Crippen LogP contribution in [0.3, 0.4) is 0 Å². The fourth-order valence-electron chi connectivity index (χ4n) is 2.02. The number of carbonyl (C=O) groups excluding carboxylic acids is 4. The van der Waals surface area contributed by atoms with Crippen molar-refractivity contribution in [2.24, 2.45) is 0 Å². The van der Waals surface area contributed by atoms with Crippen LogP contribution in [0.1, 0.15) is 25.7 Å². The van der Waals surface area contributed by atoms with Crippen LogP contribution in [0.2, 0.25) is 0 Å². The summed E-state index contributed by atoms with van der Waals surface area (Å²) in [6.45, 7) is -2.68. The molecule has 0 spiro atoms. The Bertz CT molecular complexity index is 416. The first-order chi connectivity index (χ1) is 13.1. The molecule has 16 heteroatoms. The molecule has 0 saturated carbocycles. The summed E-state index contributed by atoms with van der Waals surface area (Å²) < 4.78 is 0. The van der Waals surface area contributed by atoms with E-state index >= 15 is 0 Å². The van der Waals surface area contributed by atoms with Crippen LogP contribution in [-0.4, -0.2) is 96.4 Å². The number of hydrogen-bond donors (Lipinski definition) is 2. The van der Waals surface area contributed by atoms with Crippen molar-refractivity contribution < 1.29 is 168 Å². The van der Waals surface area contributed by atoms with Gasteiger partial charge in [0.15, 0.2) is 0 Å². The third-order valence-corrected chi connectivity index (χ3v) is 3.21. The molecule has 164 valence electrons. The van der Waals surface area contributed by atoms with Gasteiger partial charge in [0.2, 0.25) is 0 Å². The maximum Gasteiger partial charge on any atom is 1.00 e. The Morgan fingerprint density at radius 2 is 0.719 bits per heavy atom. The second-order valence-corrected chi connectivity index (χ2v) is 5.77. The first-order valence-electron chi connectivity index (χ1n) is 8.58. The van der Waals surface area contributed by atoms with E-state index in [2.05, 4.69) is 0 Å². The molecule has 0 saturated heterocycles. The van der Waals surface area contributed by atoms with Gasteiger partial charge in [-0.15, -0.1) is 0 Å². The average molecular weight is 498 g/mol. The molecule has 0 aliphatic heterocycles. The van der Waals surface area contributed by atoms with Crippen LogP contribution >= 0.6 is 0 Å². The van der Waals surface area contributed by atoms with Crippen LogP contribution in [0.25, 0.3) is 0 Å². The molecule has 0 aliphatic rings. The number of aliphatic carboxylic acids is 4. The number of unbranched alkanes of at least 4 members (excludes halogenated alkanes) is 3. The first kappa shape index (κ1) is 47.0. The zero-order valence-corrected chi connectivity index (χ0v) is 27.5. The van der Waals surface area contributed by atoms with Crippen molar-refractivity contribution in [2.45, 2.75) is 25.7 Å². The minimum absolute atomic E-state index is 0. The number of carbonyl (C=O) groups is 4. The molecule has 0 amide bonds. The largest absolute Gasteiger partial charge is 1.00 e. The molecule has 12 nitrogen and oxygen atoms in total.